The number of carboxylic acids is 1. The van der Waals surface area contributed by atoms with E-state index < -0.39 is 36.3 Å². The van der Waals surface area contributed by atoms with Crippen LogP contribution in [0.5, 0.6) is 11.5 Å². The molecular weight excluding hydrogens is 452 g/mol. The van der Waals surface area contributed by atoms with Crippen LogP contribution in [0.15, 0.2) is 36.4 Å². The third-order valence-electron chi connectivity index (χ3n) is 6.36. The van der Waals surface area contributed by atoms with Gasteiger partial charge in [-0.15, -0.1) is 0 Å². The first-order chi connectivity index (χ1) is 16.8. The minimum atomic E-state index is -1.44. The first-order valence-electron chi connectivity index (χ1n) is 11.6. The summed E-state index contributed by atoms with van der Waals surface area (Å²) in [6.07, 6.45) is 3.68. The maximum Gasteiger partial charge on any atom is 0.262 e. The Balaban J connectivity index is 1.71. The van der Waals surface area contributed by atoms with Crippen molar-refractivity contribution >= 4 is 23.7 Å². The molecule has 0 radical (unpaired) electrons. The number of ether oxygens (including phenoxy) is 2. The Labute approximate surface area is 203 Å². The summed E-state index contributed by atoms with van der Waals surface area (Å²) < 4.78 is 11.6. The van der Waals surface area contributed by atoms with Gasteiger partial charge in [0.1, 0.15) is 0 Å². The molecule has 1 aliphatic heterocycles. The fourth-order valence-corrected chi connectivity index (χ4v) is 4.61. The molecule has 0 bridgehead atoms. The van der Waals surface area contributed by atoms with E-state index in [9.17, 15) is 24.3 Å². The molecule has 9 heteroatoms. The van der Waals surface area contributed by atoms with Crippen molar-refractivity contribution in [1.82, 2.24) is 10.2 Å². The number of methoxy groups -OCH3 is 1. The van der Waals surface area contributed by atoms with Crippen LogP contribution in [0.3, 0.4) is 0 Å². The van der Waals surface area contributed by atoms with Crippen LogP contribution >= 0.6 is 0 Å². The van der Waals surface area contributed by atoms with Crippen LogP contribution in [0, 0.1) is 6.92 Å². The second-order valence-electron chi connectivity index (χ2n) is 8.83. The second-order valence-corrected chi connectivity index (χ2v) is 8.83. The van der Waals surface area contributed by atoms with Crippen molar-refractivity contribution in [3.8, 4) is 11.5 Å². The quantitative estimate of drug-likeness (QED) is 0.545. The van der Waals surface area contributed by atoms with Crippen LogP contribution in [0.4, 0.5) is 0 Å². The molecule has 1 atom stereocenters. The molecular formula is C26H27N2O7-. The number of benzene rings is 2. The van der Waals surface area contributed by atoms with Gasteiger partial charge in [-0.1, -0.05) is 17.7 Å². The van der Waals surface area contributed by atoms with E-state index in [0.29, 0.717) is 17.1 Å². The van der Waals surface area contributed by atoms with Crippen LogP contribution in [-0.4, -0.2) is 48.3 Å². The first kappa shape index (κ1) is 24.3. The van der Waals surface area contributed by atoms with E-state index >= 15 is 0 Å². The Morgan fingerprint density at radius 3 is 2.46 bits per heavy atom. The van der Waals surface area contributed by atoms with Crippen molar-refractivity contribution < 1.29 is 33.8 Å². The lowest BCUT2D eigenvalue weighted by Crippen LogP contribution is -2.41. The normalized spacial score (nSPS) is 16.2. The molecule has 35 heavy (non-hydrogen) atoms. The fraction of sp³-hybridized carbons (Fsp3) is 0.385. The Hall–Kier alpha value is -3.88. The van der Waals surface area contributed by atoms with Crippen LogP contribution < -0.4 is 19.9 Å². The smallest absolute Gasteiger partial charge is 0.262 e. The van der Waals surface area contributed by atoms with E-state index in [1.807, 2.05) is 6.92 Å². The number of fused-ring (bicyclic) bond motifs is 1. The van der Waals surface area contributed by atoms with E-state index in [2.05, 4.69) is 5.32 Å². The summed E-state index contributed by atoms with van der Waals surface area (Å²) in [6.45, 7) is 1.15. The predicted octanol–water partition coefficient (Wildman–Crippen LogP) is 1.92. The van der Waals surface area contributed by atoms with Gasteiger partial charge in [-0.2, -0.15) is 0 Å². The predicted molar refractivity (Wildman–Crippen MR) is 123 cm³/mol. The maximum atomic E-state index is 13.3. The van der Waals surface area contributed by atoms with Crippen LogP contribution in [0.1, 0.15) is 70.0 Å². The van der Waals surface area contributed by atoms with Crippen molar-refractivity contribution in [3.05, 3.63) is 58.7 Å². The number of rotatable bonds is 9. The molecule has 1 N–H and O–H groups in total. The minimum absolute atomic E-state index is 0.0336. The summed E-state index contributed by atoms with van der Waals surface area (Å²) in [6, 6.07) is 9.03. The van der Waals surface area contributed by atoms with Gasteiger partial charge in [0.15, 0.2) is 11.5 Å². The third kappa shape index (κ3) is 5.13. The summed E-state index contributed by atoms with van der Waals surface area (Å²) in [5, 5.41) is 13.1. The Morgan fingerprint density at radius 2 is 1.77 bits per heavy atom. The number of hydrogen-bond donors (Lipinski definition) is 1. The number of carbonyl (C=O) groups is 4. The van der Waals surface area contributed by atoms with Gasteiger partial charge in [-0.25, -0.2) is 0 Å². The molecule has 2 aromatic carbocycles. The average molecular weight is 480 g/mol. The average Bonchev–Trinajstić information content (AvgIpc) is 3.42. The van der Waals surface area contributed by atoms with E-state index in [0.717, 1.165) is 36.1 Å². The first-order valence-corrected chi connectivity index (χ1v) is 11.6. The topological polar surface area (TPSA) is 125 Å². The summed E-state index contributed by atoms with van der Waals surface area (Å²) in [5.41, 5.74) is 1.85. The third-order valence-corrected chi connectivity index (χ3v) is 6.36. The Bertz CT molecular complexity index is 1170. The number of carboxylic acid groups (broad SMARTS) is 1. The van der Waals surface area contributed by atoms with Gasteiger partial charge in [0.2, 0.25) is 5.91 Å². The number of aliphatic carboxylic acids is 1. The number of carbonyl (C=O) groups excluding carboxylic acids is 4. The fourth-order valence-electron chi connectivity index (χ4n) is 4.61. The molecule has 1 saturated carbocycles. The van der Waals surface area contributed by atoms with Gasteiger partial charge in [0, 0.05) is 0 Å². The molecule has 1 heterocycles. The van der Waals surface area contributed by atoms with E-state index in [-0.39, 0.29) is 23.7 Å². The van der Waals surface area contributed by atoms with Crippen molar-refractivity contribution in [2.24, 2.45) is 0 Å². The molecule has 184 valence electrons. The highest BCUT2D eigenvalue weighted by Crippen LogP contribution is 2.39. The zero-order valence-corrected chi connectivity index (χ0v) is 19.7. The van der Waals surface area contributed by atoms with Crippen molar-refractivity contribution in [2.45, 2.75) is 51.2 Å². The molecule has 3 amide bonds. The van der Waals surface area contributed by atoms with Gasteiger partial charge in [-0.05, 0) is 62.4 Å². The van der Waals surface area contributed by atoms with Crippen molar-refractivity contribution in [3.63, 3.8) is 0 Å². The molecule has 1 fully saturated rings. The molecule has 0 aromatic heterocycles. The Kier molecular flexibility index (Phi) is 7.04. The number of nitrogens with one attached hydrogen (secondary N) is 1. The molecule has 0 spiro atoms. The van der Waals surface area contributed by atoms with Crippen molar-refractivity contribution in [2.75, 3.05) is 13.7 Å². The highest BCUT2D eigenvalue weighted by Gasteiger charge is 2.41. The van der Waals surface area contributed by atoms with Gasteiger partial charge in [-0.3, -0.25) is 19.3 Å². The lowest BCUT2D eigenvalue weighted by Gasteiger charge is -2.27. The molecule has 4 rings (SSSR count). The van der Waals surface area contributed by atoms with Gasteiger partial charge in [0.25, 0.3) is 11.8 Å². The number of amides is 3. The van der Waals surface area contributed by atoms with Crippen LogP contribution in [0.25, 0.3) is 0 Å². The summed E-state index contributed by atoms with van der Waals surface area (Å²) in [7, 11) is 1.52. The standard InChI is InChI=1S/C26H28N2O7/c1-15-7-9-18-19(11-15)26(33)28(25(18)32)20(13-23(29)27-14-24(30)31)16-8-10-21(34-2)22(12-16)35-17-5-3-4-6-17/h7-12,17,20H,3-6,13-14H2,1-2H3,(H,27,29)(H,30,31)/p-1. The summed E-state index contributed by atoms with van der Waals surface area (Å²) in [4.78, 5) is 51.1. The largest absolute Gasteiger partial charge is 0.548 e. The van der Waals surface area contributed by atoms with Gasteiger partial charge in [0.05, 0.1) is 49.3 Å². The summed E-state index contributed by atoms with van der Waals surface area (Å²) in [5.74, 6) is -2.15. The van der Waals surface area contributed by atoms with E-state index in [1.54, 1.807) is 36.4 Å². The number of aryl methyl sites for hydroxylation is 1. The maximum absolute atomic E-state index is 13.3. The molecule has 2 aliphatic rings. The zero-order valence-electron chi connectivity index (χ0n) is 19.7. The second kappa shape index (κ2) is 10.2. The number of nitrogens with zero attached hydrogens (tertiary/aromatic N) is 1. The lowest BCUT2D eigenvalue weighted by atomic mass is 10.0. The SMILES string of the molecule is COc1ccc(C(CC(=O)NCC(=O)[O-])N2C(=O)c3ccc(C)cc3C2=O)cc1OC1CCCC1. The van der Waals surface area contributed by atoms with Crippen LogP contribution in [0.2, 0.25) is 0 Å². The van der Waals surface area contributed by atoms with Crippen LogP contribution in [-0.2, 0) is 9.59 Å². The van der Waals surface area contributed by atoms with E-state index in [4.69, 9.17) is 9.47 Å². The number of imide groups is 1. The lowest BCUT2D eigenvalue weighted by molar-refractivity contribution is -0.304. The van der Waals surface area contributed by atoms with Gasteiger partial charge < -0.3 is 24.7 Å². The van der Waals surface area contributed by atoms with Gasteiger partial charge >= 0.3 is 0 Å². The molecule has 0 saturated heterocycles. The molecule has 9 nitrogen and oxygen atoms in total. The number of hydrogen-bond acceptors (Lipinski definition) is 7. The highest BCUT2D eigenvalue weighted by atomic mass is 16.5. The monoisotopic (exact) mass is 479 g/mol. The van der Waals surface area contributed by atoms with E-state index in [1.165, 1.54) is 7.11 Å². The minimum Gasteiger partial charge on any atom is -0.548 e. The zero-order chi connectivity index (χ0) is 25.1. The summed E-state index contributed by atoms with van der Waals surface area (Å²) >= 11 is 0. The molecule has 2 aromatic rings. The highest BCUT2D eigenvalue weighted by molar-refractivity contribution is 6.21. The van der Waals surface area contributed by atoms with Crippen molar-refractivity contribution in [1.29, 1.82) is 0 Å². The Morgan fingerprint density at radius 1 is 1.06 bits per heavy atom. The molecule has 1 aliphatic carbocycles. The molecule has 1 unspecified atom stereocenters.